The van der Waals surface area contributed by atoms with Crippen molar-refractivity contribution in [2.24, 2.45) is 0 Å². The summed E-state index contributed by atoms with van der Waals surface area (Å²) in [5.74, 6) is 1.26. The highest BCUT2D eigenvalue weighted by atomic mass is 14.9. The molecule has 3 heterocycles. The number of fused-ring (bicyclic) bond motifs is 1. The predicted molar refractivity (Wildman–Crippen MR) is 61.5 cm³/mol. The average molecular weight is 211 g/mol. The SMILES string of the molecule is Nc1cc(-c2nc3ccncc3[nH]2)ccn1. The second-order valence-electron chi connectivity index (χ2n) is 3.45. The molecular formula is C11H9N5. The summed E-state index contributed by atoms with van der Waals surface area (Å²) in [6.07, 6.45) is 5.13. The van der Waals surface area contributed by atoms with Gasteiger partial charge in [0.25, 0.3) is 0 Å². The summed E-state index contributed by atoms with van der Waals surface area (Å²) in [7, 11) is 0. The zero-order valence-corrected chi connectivity index (χ0v) is 8.38. The summed E-state index contributed by atoms with van der Waals surface area (Å²) < 4.78 is 0. The molecule has 0 radical (unpaired) electrons. The van der Waals surface area contributed by atoms with Crippen molar-refractivity contribution in [3.05, 3.63) is 36.8 Å². The Labute approximate surface area is 91.4 Å². The number of pyridine rings is 2. The molecule has 3 aromatic rings. The van der Waals surface area contributed by atoms with Crippen molar-refractivity contribution >= 4 is 16.9 Å². The van der Waals surface area contributed by atoms with Crippen LogP contribution in [0.2, 0.25) is 0 Å². The van der Waals surface area contributed by atoms with Crippen LogP contribution in [0, 0.1) is 0 Å². The number of H-pyrrole nitrogens is 1. The highest BCUT2D eigenvalue weighted by Gasteiger charge is 2.04. The third-order valence-corrected chi connectivity index (χ3v) is 2.34. The fraction of sp³-hybridized carbons (Fsp3) is 0. The monoisotopic (exact) mass is 211 g/mol. The van der Waals surface area contributed by atoms with Crippen LogP contribution >= 0.6 is 0 Å². The third-order valence-electron chi connectivity index (χ3n) is 2.34. The number of imidazole rings is 1. The molecule has 0 saturated heterocycles. The Morgan fingerprint density at radius 1 is 1.19 bits per heavy atom. The van der Waals surface area contributed by atoms with Gasteiger partial charge in [-0.25, -0.2) is 9.97 Å². The minimum atomic E-state index is 0.482. The van der Waals surface area contributed by atoms with Crippen LogP contribution in [0.25, 0.3) is 22.4 Å². The number of nitrogens with two attached hydrogens (primary N) is 1. The number of hydrogen-bond acceptors (Lipinski definition) is 4. The molecule has 0 saturated carbocycles. The van der Waals surface area contributed by atoms with E-state index in [1.807, 2.05) is 12.1 Å². The molecule has 0 unspecified atom stereocenters. The Bertz CT molecular complexity index is 610. The molecule has 3 N–H and O–H groups in total. The molecule has 0 spiro atoms. The van der Waals surface area contributed by atoms with E-state index in [2.05, 4.69) is 19.9 Å². The molecule has 0 aliphatic carbocycles. The maximum absolute atomic E-state index is 5.63. The largest absolute Gasteiger partial charge is 0.384 e. The van der Waals surface area contributed by atoms with Crippen molar-refractivity contribution < 1.29 is 0 Å². The first-order valence-corrected chi connectivity index (χ1v) is 4.84. The van der Waals surface area contributed by atoms with Gasteiger partial charge >= 0.3 is 0 Å². The van der Waals surface area contributed by atoms with E-state index >= 15 is 0 Å². The van der Waals surface area contributed by atoms with Crippen LogP contribution in [0.3, 0.4) is 0 Å². The number of rotatable bonds is 1. The minimum Gasteiger partial charge on any atom is -0.384 e. The van der Waals surface area contributed by atoms with Gasteiger partial charge in [-0.05, 0) is 18.2 Å². The number of aromatic nitrogens is 4. The Morgan fingerprint density at radius 2 is 2.12 bits per heavy atom. The highest BCUT2D eigenvalue weighted by Crippen LogP contribution is 2.20. The van der Waals surface area contributed by atoms with Gasteiger partial charge in [-0.2, -0.15) is 0 Å². The molecule has 3 aromatic heterocycles. The summed E-state index contributed by atoms with van der Waals surface area (Å²) >= 11 is 0. The van der Waals surface area contributed by atoms with E-state index in [9.17, 15) is 0 Å². The molecular weight excluding hydrogens is 202 g/mol. The fourth-order valence-electron chi connectivity index (χ4n) is 1.59. The first-order chi connectivity index (χ1) is 7.83. The Morgan fingerprint density at radius 3 is 2.94 bits per heavy atom. The lowest BCUT2D eigenvalue weighted by atomic mass is 10.2. The molecule has 0 aliphatic heterocycles. The van der Waals surface area contributed by atoms with E-state index in [1.54, 1.807) is 24.7 Å². The number of nitrogens with one attached hydrogen (secondary N) is 1. The van der Waals surface area contributed by atoms with Crippen molar-refractivity contribution in [3.8, 4) is 11.4 Å². The lowest BCUT2D eigenvalue weighted by molar-refractivity contribution is 1.29. The summed E-state index contributed by atoms with van der Waals surface area (Å²) in [6.45, 7) is 0. The number of nitrogens with zero attached hydrogens (tertiary/aromatic N) is 3. The third kappa shape index (κ3) is 1.38. The second-order valence-corrected chi connectivity index (χ2v) is 3.45. The molecule has 0 bridgehead atoms. The minimum absolute atomic E-state index is 0.482. The first kappa shape index (κ1) is 8.84. The van der Waals surface area contributed by atoms with Gasteiger partial charge in [0.05, 0.1) is 17.2 Å². The van der Waals surface area contributed by atoms with Crippen LogP contribution in [0.1, 0.15) is 0 Å². The Kier molecular flexibility index (Phi) is 1.83. The van der Waals surface area contributed by atoms with Crippen LogP contribution in [0.15, 0.2) is 36.8 Å². The molecule has 0 amide bonds. The summed E-state index contributed by atoms with van der Waals surface area (Å²) in [5, 5.41) is 0. The predicted octanol–water partition coefficient (Wildman–Crippen LogP) is 1.60. The molecule has 0 atom stereocenters. The molecule has 78 valence electrons. The van der Waals surface area contributed by atoms with Gasteiger partial charge in [0, 0.05) is 18.0 Å². The van der Waals surface area contributed by atoms with Crippen molar-refractivity contribution in [1.29, 1.82) is 0 Å². The van der Waals surface area contributed by atoms with Crippen molar-refractivity contribution in [2.45, 2.75) is 0 Å². The van der Waals surface area contributed by atoms with Gasteiger partial charge in [0.1, 0.15) is 11.6 Å². The molecule has 5 nitrogen and oxygen atoms in total. The Balaban J connectivity index is 2.19. The van der Waals surface area contributed by atoms with Crippen LogP contribution in [0.5, 0.6) is 0 Å². The number of aromatic amines is 1. The normalized spacial score (nSPS) is 10.8. The van der Waals surface area contributed by atoms with E-state index in [4.69, 9.17) is 5.73 Å². The molecule has 0 aromatic carbocycles. The van der Waals surface area contributed by atoms with E-state index in [0.29, 0.717) is 5.82 Å². The van der Waals surface area contributed by atoms with E-state index < -0.39 is 0 Å². The smallest absolute Gasteiger partial charge is 0.138 e. The number of nitrogen functional groups attached to an aromatic ring is 1. The number of hydrogen-bond donors (Lipinski definition) is 2. The maximum Gasteiger partial charge on any atom is 0.138 e. The molecule has 3 rings (SSSR count). The quantitative estimate of drug-likeness (QED) is 0.640. The van der Waals surface area contributed by atoms with E-state index in [1.165, 1.54) is 0 Å². The summed E-state index contributed by atoms with van der Waals surface area (Å²) in [5.41, 5.74) is 8.34. The van der Waals surface area contributed by atoms with Gasteiger partial charge in [0.15, 0.2) is 0 Å². The molecule has 16 heavy (non-hydrogen) atoms. The lowest BCUT2D eigenvalue weighted by Gasteiger charge is -1.96. The van der Waals surface area contributed by atoms with Gasteiger partial charge in [0.2, 0.25) is 0 Å². The summed E-state index contributed by atoms with van der Waals surface area (Å²) in [6, 6.07) is 5.51. The molecule has 0 fully saturated rings. The molecule has 0 aliphatic rings. The lowest BCUT2D eigenvalue weighted by Crippen LogP contribution is -1.90. The average Bonchev–Trinajstić information content (AvgIpc) is 2.72. The molecule has 5 heteroatoms. The van der Waals surface area contributed by atoms with Crippen LogP contribution < -0.4 is 5.73 Å². The summed E-state index contributed by atoms with van der Waals surface area (Å²) in [4.78, 5) is 15.6. The van der Waals surface area contributed by atoms with Gasteiger partial charge < -0.3 is 10.7 Å². The van der Waals surface area contributed by atoms with Crippen molar-refractivity contribution in [2.75, 3.05) is 5.73 Å². The van der Waals surface area contributed by atoms with Gasteiger partial charge in [-0.15, -0.1) is 0 Å². The second kappa shape index (κ2) is 3.30. The zero-order chi connectivity index (χ0) is 11.0. The Hall–Kier alpha value is -2.43. The fourth-order valence-corrected chi connectivity index (χ4v) is 1.59. The van der Waals surface area contributed by atoms with Crippen LogP contribution in [0.4, 0.5) is 5.82 Å². The van der Waals surface area contributed by atoms with Crippen LogP contribution in [-0.4, -0.2) is 19.9 Å². The zero-order valence-electron chi connectivity index (χ0n) is 8.38. The maximum atomic E-state index is 5.63. The van der Waals surface area contributed by atoms with Crippen molar-refractivity contribution in [3.63, 3.8) is 0 Å². The highest BCUT2D eigenvalue weighted by molar-refractivity contribution is 5.78. The van der Waals surface area contributed by atoms with Crippen LogP contribution in [-0.2, 0) is 0 Å². The van der Waals surface area contributed by atoms with E-state index in [0.717, 1.165) is 22.4 Å². The van der Waals surface area contributed by atoms with Gasteiger partial charge in [-0.1, -0.05) is 0 Å². The van der Waals surface area contributed by atoms with Gasteiger partial charge in [-0.3, -0.25) is 4.98 Å². The first-order valence-electron chi connectivity index (χ1n) is 4.84. The van der Waals surface area contributed by atoms with E-state index in [-0.39, 0.29) is 0 Å². The topological polar surface area (TPSA) is 80.5 Å². The number of anilines is 1. The van der Waals surface area contributed by atoms with Crippen molar-refractivity contribution in [1.82, 2.24) is 19.9 Å². The standard InChI is InChI=1S/C11H9N5/c12-10-5-7(1-4-14-10)11-15-8-2-3-13-6-9(8)16-11/h1-6H,(H2,12,14)(H,15,16).